The summed E-state index contributed by atoms with van der Waals surface area (Å²) in [6.45, 7) is 5.11. The van der Waals surface area contributed by atoms with E-state index in [2.05, 4.69) is 0 Å². The molecule has 1 saturated heterocycles. The zero-order chi connectivity index (χ0) is 22.7. The lowest BCUT2D eigenvalue weighted by atomic mass is 10.0. The van der Waals surface area contributed by atoms with E-state index in [9.17, 15) is 17.6 Å². The summed E-state index contributed by atoms with van der Waals surface area (Å²) >= 11 is 0. The van der Waals surface area contributed by atoms with Crippen LogP contribution in [0.4, 0.5) is 10.1 Å². The van der Waals surface area contributed by atoms with E-state index < -0.39 is 10.0 Å². The normalized spacial score (nSPS) is 17.0. The number of aryl methyl sites for hydroxylation is 1. The molecule has 4 rings (SSSR count). The van der Waals surface area contributed by atoms with Gasteiger partial charge in [-0.2, -0.15) is 4.31 Å². The molecule has 0 atom stereocenters. The molecule has 0 bridgehead atoms. The number of carbonyl (C=O) groups excluding carboxylic acids is 1. The van der Waals surface area contributed by atoms with E-state index in [0.717, 1.165) is 42.5 Å². The molecule has 1 fully saturated rings. The number of benzene rings is 2. The van der Waals surface area contributed by atoms with Crippen LogP contribution in [0.3, 0.4) is 0 Å². The van der Waals surface area contributed by atoms with Crippen molar-refractivity contribution in [1.82, 2.24) is 9.21 Å². The van der Waals surface area contributed by atoms with Gasteiger partial charge in [-0.3, -0.25) is 9.69 Å². The van der Waals surface area contributed by atoms with Crippen molar-refractivity contribution in [1.29, 1.82) is 0 Å². The number of carbonyl (C=O) groups is 1. The predicted molar refractivity (Wildman–Crippen MR) is 122 cm³/mol. The minimum Gasteiger partial charge on any atom is -0.311 e. The molecule has 0 N–H and O–H groups in total. The second kappa shape index (κ2) is 9.68. The van der Waals surface area contributed by atoms with Crippen LogP contribution in [0.15, 0.2) is 47.4 Å². The Labute approximate surface area is 189 Å². The molecule has 2 aliphatic rings. The third-order valence-corrected chi connectivity index (χ3v) is 8.17. The van der Waals surface area contributed by atoms with Crippen LogP contribution < -0.4 is 4.90 Å². The quantitative estimate of drug-likeness (QED) is 0.637. The number of fused-ring (bicyclic) bond motifs is 1. The average molecular weight is 460 g/mol. The molecule has 2 aliphatic heterocycles. The molecule has 0 aliphatic carbocycles. The highest BCUT2D eigenvalue weighted by Crippen LogP contribution is 2.31. The molecule has 2 aromatic rings. The highest BCUT2D eigenvalue weighted by Gasteiger charge is 2.30. The lowest BCUT2D eigenvalue weighted by Gasteiger charge is -2.32. The van der Waals surface area contributed by atoms with Crippen LogP contribution in [0.2, 0.25) is 0 Å². The monoisotopic (exact) mass is 459 g/mol. The molecule has 0 aromatic heterocycles. The number of anilines is 1. The fourth-order valence-corrected chi connectivity index (χ4v) is 6.09. The van der Waals surface area contributed by atoms with Crippen LogP contribution in [-0.2, 0) is 27.8 Å². The molecule has 2 heterocycles. The highest BCUT2D eigenvalue weighted by molar-refractivity contribution is 7.89. The van der Waals surface area contributed by atoms with Crippen molar-refractivity contribution in [2.45, 2.75) is 44.0 Å². The van der Waals surface area contributed by atoms with Gasteiger partial charge in [0.1, 0.15) is 5.82 Å². The number of sulfonamides is 1. The predicted octanol–water partition coefficient (Wildman–Crippen LogP) is 3.41. The van der Waals surface area contributed by atoms with Crippen molar-refractivity contribution in [3.63, 3.8) is 0 Å². The van der Waals surface area contributed by atoms with E-state index in [4.69, 9.17) is 0 Å². The summed E-state index contributed by atoms with van der Waals surface area (Å²) in [4.78, 5) is 17.2. The molecule has 172 valence electrons. The molecule has 0 radical (unpaired) electrons. The van der Waals surface area contributed by atoms with Gasteiger partial charge in [-0.05, 0) is 73.7 Å². The minimum absolute atomic E-state index is 0.0284. The topological polar surface area (TPSA) is 60.9 Å². The third-order valence-electron chi connectivity index (χ3n) is 6.27. The summed E-state index contributed by atoms with van der Waals surface area (Å²) in [7, 11) is -3.48. The minimum atomic E-state index is -3.48. The molecule has 2 aromatic carbocycles. The largest absolute Gasteiger partial charge is 0.311 e. The van der Waals surface area contributed by atoms with E-state index in [1.807, 2.05) is 17.9 Å². The first-order chi connectivity index (χ1) is 15.4. The zero-order valence-corrected chi connectivity index (χ0v) is 19.3. The molecular weight excluding hydrogens is 429 g/mol. The van der Waals surface area contributed by atoms with Crippen LogP contribution >= 0.6 is 0 Å². The molecular formula is C24H30FN3O3S. The molecule has 6 nitrogen and oxygen atoms in total. The Morgan fingerprint density at radius 3 is 2.56 bits per heavy atom. The Balaban J connectivity index is 1.50. The van der Waals surface area contributed by atoms with Crippen LogP contribution in [-0.4, -0.2) is 56.3 Å². The van der Waals surface area contributed by atoms with Gasteiger partial charge >= 0.3 is 0 Å². The van der Waals surface area contributed by atoms with Crippen molar-refractivity contribution < 1.29 is 17.6 Å². The summed E-state index contributed by atoms with van der Waals surface area (Å²) in [6, 6.07) is 11.6. The van der Waals surface area contributed by atoms with Gasteiger partial charge in [0.25, 0.3) is 0 Å². The third kappa shape index (κ3) is 4.87. The maximum absolute atomic E-state index is 13.5. The lowest BCUT2D eigenvalue weighted by molar-refractivity contribution is -0.119. The molecule has 32 heavy (non-hydrogen) atoms. The maximum Gasteiger partial charge on any atom is 0.243 e. The van der Waals surface area contributed by atoms with Crippen LogP contribution in [0.25, 0.3) is 0 Å². The maximum atomic E-state index is 13.5. The summed E-state index contributed by atoms with van der Waals surface area (Å²) in [5, 5.41) is 0. The summed E-state index contributed by atoms with van der Waals surface area (Å²) in [5.74, 6) is -0.311. The van der Waals surface area contributed by atoms with Gasteiger partial charge in [0.15, 0.2) is 0 Å². The molecule has 0 saturated carbocycles. The fraction of sp³-hybridized carbons (Fsp3) is 0.458. The Morgan fingerprint density at radius 1 is 1.06 bits per heavy atom. The number of amides is 1. The van der Waals surface area contributed by atoms with Gasteiger partial charge in [0.2, 0.25) is 15.9 Å². The van der Waals surface area contributed by atoms with Crippen molar-refractivity contribution in [3.05, 3.63) is 59.4 Å². The fourth-order valence-electron chi connectivity index (χ4n) is 4.52. The Morgan fingerprint density at radius 2 is 1.84 bits per heavy atom. The van der Waals surface area contributed by atoms with Gasteiger partial charge in [-0.25, -0.2) is 12.8 Å². The standard InChI is InChI=1S/C24H30FN3O3S/c1-2-26(17-19-7-5-9-21(25)15-19)18-24(29)28-14-6-8-20-16-22(10-11-23(20)28)32(30,31)27-12-3-4-13-27/h5,7,9-11,15-16H,2-4,6,8,12-14,17-18H2,1H3. The van der Waals surface area contributed by atoms with Gasteiger partial charge in [-0.15, -0.1) is 0 Å². The van der Waals surface area contributed by atoms with Gasteiger partial charge in [0, 0.05) is 31.9 Å². The highest BCUT2D eigenvalue weighted by atomic mass is 32.2. The van der Waals surface area contributed by atoms with E-state index in [1.165, 1.54) is 12.1 Å². The molecule has 0 spiro atoms. The van der Waals surface area contributed by atoms with Crippen molar-refractivity contribution in [2.24, 2.45) is 0 Å². The van der Waals surface area contributed by atoms with Crippen molar-refractivity contribution in [3.8, 4) is 0 Å². The number of likely N-dealkylation sites (N-methyl/N-ethyl adjacent to an activating group) is 1. The summed E-state index contributed by atoms with van der Waals surface area (Å²) in [5.41, 5.74) is 2.52. The average Bonchev–Trinajstić information content (AvgIpc) is 3.33. The number of nitrogens with zero attached hydrogens (tertiary/aromatic N) is 3. The van der Waals surface area contributed by atoms with E-state index in [0.29, 0.717) is 37.6 Å². The first-order valence-electron chi connectivity index (χ1n) is 11.3. The molecule has 0 unspecified atom stereocenters. The second-order valence-electron chi connectivity index (χ2n) is 8.48. The van der Waals surface area contributed by atoms with E-state index >= 15 is 0 Å². The Kier molecular flexibility index (Phi) is 6.93. The second-order valence-corrected chi connectivity index (χ2v) is 10.4. The Bertz CT molecular complexity index is 1080. The number of halogens is 1. The number of rotatable bonds is 7. The van der Waals surface area contributed by atoms with Crippen molar-refractivity contribution >= 4 is 21.6 Å². The van der Waals surface area contributed by atoms with Crippen LogP contribution in [0.1, 0.15) is 37.3 Å². The molecule has 8 heteroatoms. The van der Waals surface area contributed by atoms with Gasteiger partial charge in [0.05, 0.1) is 11.4 Å². The van der Waals surface area contributed by atoms with Gasteiger partial charge < -0.3 is 4.90 Å². The first kappa shape index (κ1) is 22.9. The zero-order valence-electron chi connectivity index (χ0n) is 18.5. The smallest absolute Gasteiger partial charge is 0.243 e. The Hall–Kier alpha value is -2.29. The number of hydrogen-bond donors (Lipinski definition) is 0. The summed E-state index contributed by atoms with van der Waals surface area (Å²) in [6.07, 6.45) is 3.34. The molecule has 1 amide bonds. The van der Waals surface area contributed by atoms with E-state index in [1.54, 1.807) is 33.5 Å². The van der Waals surface area contributed by atoms with Crippen LogP contribution in [0.5, 0.6) is 0 Å². The van der Waals surface area contributed by atoms with Crippen LogP contribution in [0, 0.1) is 5.82 Å². The van der Waals surface area contributed by atoms with Crippen molar-refractivity contribution in [2.75, 3.05) is 37.6 Å². The first-order valence-corrected chi connectivity index (χ1v) is 12.7. The SMILES string of the molecule is CCN(CC(=O)N1CCCc2cc(S(=O)(=O)N3CCCC3)ccc21)Cc1cccc(F)c1. The lowest BCUT2D eigenvalue weighted by Crippen LogP contribution is -2.42. The van der Waals surface area contributed by atoms with Gasteiger partial charge in [-0.1, -0.05) is 19.1 Å². The summed E-state index contributed by atoms with van der Waals surface area (Å²) < 4.78 is 40.9. The number of hydrogen-bond acceptors (Lipinski definition) is 4. The van der Waals surface area contributed by atoms with E-state index in [-0.39, 0.29) is 18.3 Å².